The number of nitrogens with one attached hydrogen (secondary N) is 2. The van der Waals surface area contributed by atoms with Crippen LogP contribution in [0, 0.1) is 0 Å². The van der Waals surface area contributed by atoms with Crippen molar-refractivity contribution in [2.24, 2.45) is 0 Å². The molecule has 18 heavy (non-hydrogen) atoms. The first-order valence-corrected chi connectivity index (χ1v) is 8.54. The summed E-state index contributed by atoms with van der Waals surface area (Å²) in [6, 6.07) is 0.480. The van der Waals surface area contributed by atoms with E-state index in [1.54, 1.807) is 0 Å². The standard InChI is InChI=1S/C12H22N2O3S/c15-12(11-5-1-2-9-18(11,16)17)14-8-6-10-4-3-7-13-10/h10-11,13H,1-9H2,(H,14,15)/t10-,11?/m0/s1. The van der Waals surface area contributed by atoms with Gasteiger partial charge in [0.15, 0.2) is 9.84 Å². The van der Waals surface area contributed by atoms with E-state index in [0.717, 1.165) is 25.8 Å². The SMILES string of the molecule is O=C(NCC[C@@H]1CCCN1)C1CCCCS1(=O)=O. The molecule has 2 heterocycles. The Morgan fingerprint density at radius 1 is 1.22 bits per heavy atom. The van der Waals surface area contributed by atoms with E-state index < -0.39 is 15.1 Å². The molecule has 1 unspecified atom stereocenters. The third-order valence-electron chi connectivity index (χ3n) is 3.83. The lowest BCUT2D eigenvalue weighted by Gasteiger charge is -2.21. The lowest BCUT2D eigenvalue weighted by atomic mass is 10.1. The molecule has 0 radical (unpaired) electrons. The number of amides is 1. The van der Waals surface area contributed by atoms with Crippen LogP contribution in [-0.4, -0.2) is 44.5 Å². The summed E-state index contributed by atoms with van der Waals surface area (Å²) in [4.78, 5) is 11.9. The molecule has 2 saturated heterocycles. The number of sulfone groups is 1. The predicted molar refractivity (Wildman–Crippen MR) is 70.1 cm³/mol. The largest absolute Gasteiger partial charge is 0.355 e. The molecular weight excluding hydrogens is 252 g/mol. The molecule has 0 aromatic rings. The van der Waals surface area contributed by atoms with E-state index in [4.69, 9.17) is 0 Å². The van der Waals surface area contributed by atoms with Crippen LogP contribution in [0.1, 0.15) is 38.5 Å². The highest BCUT2D eigenvalue weighted by Crippen LogP contribution is 2.19. The zero-order chi connectivity index (χ0) is 13.0. The van der Waals surface area contributed by atoms with Crippen LogP contribution in [0.25, 0.3) is 0 Å². The molecule has 2 aliphatic rings. The molecular formula is C12H22N2O3S. The average Bonchev–Trinajstić information content (AvgIpc) is 2.81. The number of hydrogen-bond donors (Lipinski definition) is 2. The predicted octanol–water partition coefficient (Wildman–Crippen LogP) is 0.212. The Hall–Kier alpha value is -0.620. The van der Waals surface area contributed by atoms with Crippen LogP contribution < -0.4 is 10.6 Å². The second-order valence-corrected chi connectivity index (χ2v) is 7.53. The van der Waals surface area contributed by atoms with E-state index in [-0.39, 0.29) is 11.7 Å². The summed E-state index contributed by atoms with van der Waals surface area (Å²) in [5.74, 6) is -0.136. The molecule has 2 fully saturated rings. The Kier molecular flexibility index (Phi) is 4.61. The highest BCUT2D eigenvalue weighted by Gasteiger charge is 2.34. The molecule has 2 aliphatic heterocycles. The van der Waals surface area contributed by atoms with Gasteiger partial charge in [-0.25, -0.2) is 8.42 Å². The van der Waals surface area contributed by atoms with Crippen LogP contribution in [0.4, 0.5) is 0 Å². The fraction of sp³-hybridized carbons (Fsp3) is 0.917. The van der Waals surface area contributed by atoms with Crippen molar-refractivity contribution in [1.29, 1.82) is 0 Å². The zero-order valence-corrected chi connectivity index (χ0v) is 11.5. The van der Waals surface area contributed by atoms with Gasteiger partial charge in [0.2, 0.25) is 5.91 Å². The van der Waals surface area contributed by atoms with Crippen LogP contribution in [-0.2, 0) is 14.6 Å². The minimum atomic E-state index is -3.20. The smallest absolute Gasteiger partial charge is 0.238 e. The van der Waals surface area contributed by atoms with Crippen molar-refractivity contribution in [2.75, 3.05) is 18.8 Å². The van der Waals surface area contributed by atoms with Crippen molar-refractivity contribution in [1.82, 2.24) is 10.6 Å². The molecule has 0 aromatic carbocycles. The molecule has 2 atom stereocenters. The first-order chi connectivity index (χ1) is 8.59. The lowest BCUT2D eigenvalue weighted by molar-refractivity contribution is -0.120. The summed E-state index contributed by atoms with van der Waals surface area (Å²) < 4.78 is 23.5. The molecule has 1 amide bonds. The van der Waals surface area contributed by atoms with E-state index in [9.17, 15) is 13.2 Å². The van der Waals surface area contributed by atoms with Gasteiger partial charge >= 0.3 is 0 Å². The second kappa shape index (κ2) is 6.02. The van der Waals surface area contributed by atoms with Gasteiger partial charge in [-0.3, -0.25) is 4.79 Å². The third kappa shape index (κ3) is 3.45. The Balaban J connectivity index is 1.76. The highest BCUT2D eigenvalue weighted by molar-refractivity contribution is 7.92. The van der Waals surface area contributed by atoms with Gasteiger partial charge in [-0.2, -0.15) is 0 Å². The number of carbonyl (C=O) groups is 1. The maximum Gasteiger partial charge on any atom is 0.238 e. The quantitative estimate of drug-likeness (QED) is 0.768. The summed E-state index contributed by atoms with van der Waals surface area (Å²) in [7, 11) is -3.20. The Morgan fingerprint density at radius 3 is 2.72 bits per heavy atom. The minimum Gasteiger partial charge on any atom is -0.355 e. The maximum atomic E-state index is 11.9. The van der Waals surface area contributed by atoms with Gasteiger partial charge in [0.05, 0.1) is 5.75 Å². The summed E-state index contributed by atoms with van der Waals surface area (Å²) in [6.07, 6.45) is 5.24. The van der Waals surface area contributed by atoms with Gasteiger partial charge in [-0.15, -0.1) is 0 Å². The van der Waals surface area contributed by atoms with Crippen LogP contribution in [0.3, 0.4) is 0 Å². The monoisotopic (exact) mass is 274 g/mol. The van der Waals surface area contributed by atoms with Gasteiger partial charge in [0, 0.05) is 12.6 Å². The number of hydrogen-bond acceptors (Lipinski definition) is 4. The van der Waals surface area contributed by atoms with Crippen molar-refractivity contribution < 1.29 is 13.2 Å². The van der Waals surface area contributed by atoms with Gasteiger partial charge in [-0.1, -0.05) is 6.42 Å². The van der Waals surface area contributed by atoms with Crippen molar-refractivity contribution in [3.05, 3.63) is 0 Å². The molecule has 0 aromatic heterocycles. The molecule has 5 nitrogen and oxygen atoms in total. The van der Waals surface area contributed by atoms with E-state index >= 15 is 0 Å². The summed E-state index contributed by atoms with van der Waals surface area (Å²) in [5, 5.41) is 5.33. The molecule has 104 valence electrons. The van der Waals surface area contributed by atoms with Crippen molar-refractivity contribution in [2.45, 2.75) is 49.8 Å². The summed E-state index contributed by atoms with van der Waals surface area (Å²) in [5.41, 5.74) is 0. The third-order valence-corrected chi connectivity index (χ3v) is 6.00. The van der Waals surface area contributed by atoms with E-state index in [1.165, 1.54) is 6.42 Å². The Bertz CT molecular complexity index is 388. The number of rotatable bonds is 4. The maximum absolute atomic E-state index is 11.9. The van der Waals surface area contributed by atoms with E-state index in [0.29, 0.717) is 25.4 Å². The molecule has 2 rings (SSSR count). The summed E-state index contributed by atoms with van der Waals surface area (Å²) in [6.45, 7) is 1.62. The van der Waals surface area contributed by atoms with Gasteiger partial charge in [0.25, 0.3) is 0 Å². The molecule has 0 saturated carbocycles. The lowest BCUT2D eigenvalue weighted by Crippen LogP contribution is -2.43. The molecule has 0 spiro atoms. The normalized spacial score (nSPS) is 31.1. The number of carbonyl (C=O) groups excluding carboxylic acids is 1. The van der Waals surface area contributed by atoms with Crippen molar-refractivity contribution in [3.63, 3.8) is 0 Å². The van der Waals surface area contributed by atoms with Gasteiger partial charge in [-0.05, 0) is 38.6 Å². The highest BCUT2D eigenvalue weighted by atomic mass is 32.2. The van der Waals surface area contributed by atoms with Crippen LogP contribution >= 0.6 is 0 Å². The van der Waals surface area contributed by atoms with Crippen molar-refractivity contribution >= 4 is 15.7 Å². The summed E-state index contributed by atoms with van der Waals surface area (Å²) >= 11 is 0. The fourth-order valence-corrected chi connectivity index (χ4v) is 4.56. The molecule has 6 heteroatoms. The van der Waals surface area contributed by atoms with Crippen LogP contribution in [0.5, 0.6) is 0 Å². The van der Waals surface area contributed by atoms with Gasteiger partial charge < -0.3 is 10.6 Å². The fourth-order valence-electron chi connectivity index (χ4n) is 2.74. The minimum absolute atomic E-state index is 0.162. The molecule has 0 bridgehead atoms. The Morgan fingerprint density at radius 2 is 2.06 bits per heavy atom. The van der Waals surface area contributed by atoms with Crippen LogP contribution in [0.2, 0.25) is 0 Å². The first kappa shape index (κ1) is 13.8. The van der Waals surface area contributed by atoms with Crippen molar-refractivity contribution in [3.8, 4) is 0 Å². The first-order valence-electron chi connectivity index (χ1n) is 6.82. The molecule has 2 N–H and O–H groups in total. The van der Waals surface area contributed by atoms with E-state index in [1.807, 2.05) is 0 Å². The van der Waals surface area contributed by atoms with E-state index in [2.05, 4.69) is 10.6 Å². The average molecular weight is 274 g/mol. The molecule has 0 aliphatic carbocycles. The zero-order valence-electron chi connectivity index (χ0n) is 10.7. The van der Waals surface area contributed by atoms with Crippen LogP contribution in [0.15, 0.2) is 0 Å². The Labute approximate surface area is 109 Å². The second-order valence-electron chi connectivity index (χ2n) is 5.22. The topological polar surface area (TPSA) is 75.3 Å². The van der Waals surface area contributed by atoms with Gasteiger partial charge in [0.1, 0.15) is 5.25 Å².